The van der Waals surface area contributed by atoms with Crippen molar-refractivity contribution >= 4 is 5.91 Å². The van der Waals surface area contributed by atoms with E-state index in [9.17, 15) is 18.0 Å². The summed E-state index contributed by atoms with van der Waals surface area (Å²) in [6.45, 7) is 3.59. The van der Waals surface area contributed by atoms with E-state index in [0.29, 0.717) is 37.6 Å². The lowest BCUT2D eigenvalue weighted by molar-refractivity contribution is -0.141. The highest BCUT2D eigenvalue weighted by atomic mass is 19.4. The zero-order chi connectivity index (χ0) is 16.3. The van der Waals surface area contributed by atoms with Gasteiger partial charge in [0, 0.05) is 5.92 Å². The van der Waals surface area contributed by atoms with Crippen LogP contribution >= 0.6 is 0 Å². The molecule has 1 aliphatic heterocycles. The van der Waals surface area contributed by atoms with Crippen LogP contribution in [-0.4, -0.2) is 46.8 Å². The lowest BCUT2D eigenvalue weighted by Crippen LogP contribution is -2.43. The molecule has 2 heterocycles. The van der Waals surface area contributed by atoms with Crippen LogP contribution in [0.15, 0.2) is 4.52 Å². The van der Waals surface area contributed by atoms with E-state index in [1.54, 1.807) is 6.92 Å². The summed E-state index contributed by atoms with van der Waals surface area (Å²) in [5, 5.41) is 5.69. The van der Waals surface area contributed by atoms with Crippen LogP contribution in [0.1, 0.15) is 37.5 Å². The Labute approximate surface area is 126 Å². The minimum atomic E-state index is -4.37. The van der Waals surface area contributed by atoms with Crippen LogP contribution in [0, 0.1) is 12.8 Å². The van der Waals surface area contributed by atoms with Gasteiger partial charge >= 0.3 is 6.18 Å². The van der Waals surface area contributed by atoms with Crippen molar-refractivity contribution in [2.24, 2.45) is 5.92 Å². The number of carbonyl (C=O) groups excluding carboxylic acids is 1. The van der Waals surface area contributed by atoms with Crippen molar-refractivity contribution in [1.29, 1.82) is 0 Å². The average Bonchev–Trinajstić information content (AvgIpc) is 2.90. The minimum Gasteiger partial charge on any atom is -0.347 e. The van der Waals surface area contributed by atoms with Gasteiger partial charge in [-0.25, -0.2) is 0 Å². The Morgan fingerprint density at radius 3 is 2.59 bits per heavy atom. The number of nitrogens with zero attached hydrogens (tertiary/aromatic N) is 3. The van der Waals surface area contributed by atoms with Crippen molar-refractivity contribution in [3.63, 3.8) is 0 Å². The highest BCUT2D eigenvalue weighted by molar-refractivity contribution is 5.78. The Morgan fingerprint density at radius 1 is 1.45 bits per heavy atom. The van der Waals surface area contributed by atoms with Gasteiger partial charge in [0.25, 0.3) is 0 Å². The van der Waals surface area contributed by atoms with E-state index < -0.39 is 18.6 Å². The molecule has 22 heavy (non-hydrogen) atoms. The summed E-state index contributed by atoms with van der Waals surface area (Å²) in [7, 11) is 0. The van der Waals surface area contributed by atoms with Gasteiger partial charge in [-0.1, -0.05) is 5.16 Å². The van der Waals surface area contributed by atoms with Crippen molar-refractivity contribution in [2.75, 3.05) is 19.6 Å². The van der Waals surface area contributed by atoms with E-state index in [4.69, 9.17) is 4.52 Å². The largest absolute Gasteiger partial charge is 0.405 e. The summed E-state index contributed by atoms with van der Waals surface area (Å²) < 4.78 is 41.4. The van der Waals surface area contributed by atoms with E-state index >= 15 is 0 Å². The molecule has 0 bridgehead atoms. The number of rotatable bonds is 4. The van der Waals surface area contributed by atoms with Crippen LogP contribution in [0.5, 0.6) is 0 Å². The first-order valence-corrected chi connectivity index (χ1v) is 7.15. The zero-order valence-electron chi connectivity index (χ0n) is 12.5. The summed E-state index contributed by atoms with van der Waals surface area (Å²) in [5.41, 5.74) is 0. The first-order valence-electron chi connectivity index (χ1n) is 7.15. The second-order valence-electron chi connectivity index (χ2n) is 5.50. The molecule has 2 rings (SSSR count). The van der Waals surface area contributed by atoms with Crippen molar-refractivity contribution < 1.29 is 22.5 Å². The van der Waals surface area contributed by atoms with E-state index in [-0.39, 0.29) is 12.0 Å². The summed E-state index contributed by atoms with van der Waals surface area (Å²) in [6.07, 6.45) is -3.34. The standard InChI is InChI=1S/C13H19F3N4O2/c1-8(12-18-9(2)19-22-12)20-5-3-10(4-6-20)11(21)17-7-13(14,15)16/h8,10H,3-7H2,1-2H3,(H,17,21)/t8-/m1/s1. The Hall–Kier alpha value is -1.64. The number of hydrogen-bond acceptors (Lipinski definition) is 5. The van der Waals surface area contributed by atoms with Crippen molar-refractivity contribution in [1.82, 2.24) is 20.4 Å². The molecule has 1 atom stereocenters. The van der Waals surface area contributed by atoms with Crippen LogP contribution in [0.3, 0.4) is 0 Å². The molecule has 0 radical (unpaired) electrons. The van der Waals surface area contributed by atoms with Crippen molar-refractivity contribution in [3.8, 4) is 0 Å². The molecule has 124 valence electrons. The molecular weight excluding hydrogens is 301 g/mol. The minimum absolute atomic E-state index is 0.0691. The number of aryl methyl sites for hydroxylation is 1. The Balaban J connectivity index is 1.81. The third-order valence-corrected chi connectivity index (χ3v) is 3.81. The molecule has 9 heteroatoms. The van der Waals surface area contributed by atoms with Crippen LogP contribution in [0.25, 0.3) is 0 Å². The third-order valence-electron chi connectivity index (χ3n) is 3.81. The molecule has 1 aliphatic rings. The number of likely N-dealkylation sites (tertiary alicyclic amines) is 1. The molecule has 1 aromatic heterocycles. The van der Waals surface area contributed by atoms with Gasteiger partial charge in [0.2, 0.25) is 11.8 Å². The second-order valence-corrected chi connectivity index (χ2v) is 5.50. The normalized spacial score (nSPS) is 19.1. The number of halogens is 3. The predicted octanol–water partition coefficient (Wildman–Crippen LogP) is 1.83. The summed E-state index contributed by atoms with van der Waals surface area (Å²) in [6, 6.07) is -0.0691. The van der Waals surface area contributed by atoms with Crippen molar-refractivity contribution in [2.45, 2.75) is 38.9 Å². The first-order chi connectivity index (χ1) is 10.3. The maximum atomic E-state index is 12.1. The van der Waals surface area contributed by atoms with E-state index in [1.807, 2.05) is 12.2 Å². The van der Waals surface area contributed by atoms with E-state index in [0.717, 1.165) is 0 Å². The van der Waals surface area contributed by atoms with E-state index in [1.165, 1.54) is 0 Å². The molecule has 1 N–H and O–H groups in total. The maximum Gasteiger partial charge on any atom is 0.405 e. The predicted molar refractivity (Wildman–Crippen MR) is 70.8 cm³/mol. The number of carbonyl (C=O) groups is 1. The fourth-order valence-corrected chi connectivity index (χ4v) is 2.52. The van der Waals surface area contributed by atoms with Gasteiger partial charge in [-0.2, -0.15) is 18.2 Å². The monoisotopic (exact) mass is 320 g/mol. The summed E-state index contributed by atoms with van der Waals surface area (Å²) in [4.78, 5) is 18.0. The molecule has 0 saturated carbocycles. The van der Waals surface area contributed by atoms with Crippen molar-refractivity contribution in [3.05, 3.63) is 11.7 Å². The maximum absolute atomic E-state index is 12.1. The molecule has 1 saturated heterocycles. The molecule has 1 fully saturated rings. The quantitative estimate of drug-likeness (QED) is 0.916. The third kappa shape index (κ3) is 4.43. The van der Waals surface area contributed by atoms with Gasteiger partial charge in [-0.15, -0.1) is 0 Å². The lowest BCUT2D eigenvalue weighted by Gasteiger charge is -2.33. The van der Waals surface area contributed by atoms with E-state index in [2.05, 4.69) is 15.0 Å². The molecule has 0 aliphatic carbocycles. The molecule has 0 unspecified atom stereocenters. The van der Waals surface area contributed by atoms with Crippen LogP contribution in [0.4, 0.5) is 13.2 Å². The highest BCUT2D eigenvalue weighted by Crippen LogP contribution is 2.26. The van der Waals surface area contributed by atoms with Crippen LogP contribution in [0.2, 0.25) is 0 Å². The number of hydrogen-bond donors (Lipinski definition) is 1. The number of alkyl halides is 3. The molecular formula is C13H19F3N4O2. The topological polar surface area (TPSA) is 71.3 Å². The molecule has 6 nitrogen and oxygen atoms in total. The smallest absolute Gasteiger partial charge is 0.347 e. The molecule has 0 spiro atoms. The SMILES string of the molecule is Cc1noc([C@@H](C)N2CCC(C(=O)NCC(F)(F)F)CC2)n1. The Morgan fingerprint density at radius 2 is 2.09 bits per heavy atom. The number of amides is 1. The zero-order valence-corrected chi connectivity index (χ0v) is 12.5. The number of nitrogens with one attached hydrogen (secondary N) is 1. The van der Waals surface area contributed by atoms with Crippen LogP contribution < -0.4 is 5.32 Å². The summed E-state index contributed by atoms with van der Waals surface area (Å²) >= 11 is 0. The Bertz CT molecular complexity index is 510. The molecule has 1 amide bonds. The van der Waals surface area contributed by atoms with Gasteiger partial charge in [0.1, 0.15) is 6.54 Å². The Kier molecular flexibility index (Phi) is 5.05. The fraction of sp³-hybridized carbons (Fsp3) is 0.769. The number of piperidine rings is 1. The fourth-order valence-electron chi connectivity index (χ4n) is 2.52. The van der Waals surface area contributed by atoms with Gasteiger partial charge in [-0.05, 0) is 39.8 Å². The number of aromatic nitrogens is 2. The van der Waals surface area contributed by atoms with Gasteiger partial charge in [-0.3, -0.25) is 9.69 Å². The highest BCUT2D eigenvalue weighted by Gasteiger charge is 2.32. The van der Waals surface area contributed by atoms with Crippen LogP contribution in [-0.2, 0) is 4.79 Å². The molecule has 0 aromatic carbocycles. The average molecular weight is 320 g/mol. The molecule has 1 aromatic rings. The summed E-state index contributed by atoms with van der Waals surface area (Å²) in [5.74, 6) is 0.161. The first kappa shape index (κ1) is 16.7. The van der Waals surface area contributed by atoms with Gasteiger partial charge in [0.15, 0.2) is 5.82 Å². The lowest BCUT2D eigenvalue weighted by atomic mass is 9.95. The van der Waals surface area contributed by atoms with Gasteiger partial charge < -0.3 is 9.84 Å². The van der Waals surface area contributed by atoms with Gasteiger partial charge in [0.05, 0.1) is 6.04 Å². The second kappa shape index (κ2) is 6.64.